The van der Waals surface area contributed by atoms with Gasteiger partial charge in [0.2, 0.25) is 0 Å². The average molecular weight is 354 g/mol. The van der Waals surface area contributed by atoms with E-state index < -0.39 is 0 Å². The lowest BCUT2D eigenvalue weighted by Crippen LogP contribution is -2.44. The first-order valence-corrected chi connectivity index (χ1v) is 8.98. The molecule has 3 nitrogen and oxygen atoms in total. The number of ether oxygens (including phenoxy) is 1. The maximum atomic E-state index is 12.8. The number of halogens is 1. The van der Waals surface area contributed by atoms with Crippen molar-refractivity contribution in [2.75, 3.05) is 18.5 Å². The van der Waals surface area contributed by atoms with E-state index in [9.17, 15) is 4.79 Å². The summed E-state index contributed by atoms with van der Waals surface area (Å²) in [4.78, 5) is 14.8. The highest BCUT2D eigenvalue weighted by molar-refractivity contribution is 9.09. The summed E-state index contributed by atoms with van der Waals surface area (Å²) in [5.41, 5.74) is 0.741. The molecule has 21 heavy (non-hydrogen) atoms. The standard InChI is InChI=1S/C17H24BrNO2/c1-2-12-21-16-9-3-6-14(13-16)17(20)19(11-5-10-18)15-7-4-8-15/h3,6,9,13,15H,2,4-5,7-8,10-12H2,1H3. The summed E-state index contributed by atoms with van der Waals surface area (Å²) in [5.74, 6) is 0.930. The molecule has 1 aromatic rings. The first-order valence-electron chi connectivity index (χ1n) is 7.86. The molecule has 1 aromatic carbocycles. The summed E-state index contributed by atoms with van der Waals surface area (Å²) in [5, 5.41) is 0.934. The van der Waals surface area contributed by atoms with Crippen LogP contribution in [-0.2, 0) is 0 Å². The van der Waals surface area contributed by atoms with Crippen LogP contribution < -0.4 is 4.74 Å². The minimum atomic E-state index is 0.141. The van der Waals surface area contributed by atoms with E-state index >= 15 is 0 Å². The summed E-state index contributed by atoms with van der Waals surface area (Å²) in [6, 6.07) is 8.01. The van der Waals surface area contributed by atoms with Gasteiger partial charge in [0.15, 0.2) is 0 Å². The molecule has 0 unspecified atom stereocenters. The second-order valence-electron chi connectivity index (χ2n) is 5.50. The molecule has 0 spiro atoms. The minimum absolute atomic E-state index is 0.141. The predicted octanol–water partition coefficient (Wildman–Crippen LogP) is 4.26. The largest absolute Gasteiger partial charge is 0.494 e. The van der Waals surface area contributed by atoms with Crippen molar-refractivity contribution in [3.05, 3.63) is 29.8 Å². The molecule has 1 aliphatic carbocycles. The van der Waals surface area contributed by atoms with Gasteiger partial charge in [-0.3, -0.25) is 4.79 Å². The van der Waals surface area contributed by atoms with Crippen molar-refractivity contribution in [2.45, 2.75) is 45.1 Å². The predicted molar refractivity (Wildman–Crippen MR) is 89.3 cm³/mol. The number of benzene rings is 1. The molecule has 116 valence electrons. The summed E-state index contributed by atoms with van der Waals surface area (Å²) in [7, 11) is 0. The molecule has 2 rings (SSSR count). The van der Waals surface area contributed by atoms with Gasteiger partial charge in [-0.15, -0.1) is 0 Å². The van der Waals surface area contributed by atoms with Gasteiger partial charge in [-0.2, -0.15) is 0 Å². The van der Waals surface area contributed by atoms with Gasteiger partial charge in [-0.25, -0.2) is 0 Å². The van der Waals surface area contributed by atoms with E-state index in [0.29, 0.717) is 12.6 Å². The van der Waals surface area contributed by atoms with Gasteiger partial charge in [0.05, 0.1) is 6.61 Å². The Kier molecular flexibility index (Phi) is 6.55. The summed E-state index contributed by atoms with van der Waals surface area (Å²) in [6.45, 7) is 3.59. The van der Waals surface area contributed by atoms with E-state index in [1.165, 1.54) is 6.42 Å². The van der Waals surface area contributed by atoms with Gasteiger partial charge in [-0.1, -0.05) is 28.9 Å². The molecule has 0 atom stereocenters. The lowest BCUT2D eigenvalue weighted by Gasteiger charge is -2.37. The third-order valence-electron chi connectivity index (χ3n) is 3.86. The maximum Gasteiger partial charge on any atom is 0.254 e. The van der Waals surface area contributed by atoms with Crippen LogP contribution in [-0.4, -0.2) is 35.3 Å². The summed E-state index contributed by atoms with van der Waals surface area (Å²) < 4.78 is 5.63. The number of rotatable bonds is 8. The first-order chi connectivity index (χ1) is 10.3. The molecule has 1 aliphatic rings. The highest BCUT2D eigenvalue weighted by Gasteiger charge is 2.29. The Bertz CT molecular complexity index is 460. The summed E-state index contributed by atoms with van der Waals surface area (Å²) in [6.07, 6.45) is 5.48. The number of hydrogen-bond donors (Lipinski definition) is 0. The molecule has 0 saturated heterocycles. The molecule has 0 bridgehead atoms. The Morgan fingerprint density at radius 3 is 2.86 bits per heavy atom. The number of amides is 1. The van der Waals surface area contributed by atoms with Crippen LogP contribution in [0, 0.1) is 0 Å². The number of alkyl halides is 1. The van der Waals surface area contributed by atoms with Crippen LogP contribution in [0.3, 0.4) is 0 Å². The van der Waals surface area contributed by atoms with Crippen molar-refractivity contribution >= 4 is 21.8 Å². The molecular formula is C17H24BrNO2. The maximum absolute atomic E-state index is 12.8. The lowest BCUT2D eigenvalue weighted by molar-refractivity contribution is 0.0580. The van der Waals surface area contributed by atoms with Gasteiger partial charge in [0.25, 0.3) is 5.91 Å². The fourth-order valence-electron chi connectivity index (χ4n) is 2.48. The molecule has 0 N–H and O–H groups in total. The van der Waals surface area contributed by atoms with Gasteiger partial charge < -0.3 is 9.64 Å². The highest BCUT2D eigenvalue weighted by atomic mass is 79.9. The topological polar surface area (TPSA) is 29.5 Å². The van der Waals surface area contributed by atoms with Gasteiger partial charge in [0.1, 0.15) is 5.75 Å². The molecule has 1 saturated carbocycles. The quantitative estimate of drug-likeness (QED) is 0.653. The number of nitrogens with zero attached hydrogens (tertiary/aromatic N) is 1. The highest BCUT2D eigenvalue weighted by Crippen LogP contribution is 2.27. The molecule has 0 radical (unpaired) electrons. The summed E-state index contributed by atoms with van der Waals surface area (Å²) >= 11 is 3.45. The van der Waals surface area contributed by atoms with Crippen LogP contribution in [0.15, 0.2) is 24.3 Å². The zero-order chi connectivity index (χ0) is 15.1. The zero-order valence-electron chi connectivity index (χ0n) is 12.7. The minimum Gasteiger partial charge on any atom is -0.494 e. The average Bonchev–Trinajstić information content (AvgIpc) is 2.47. The van der Waals surface area contributed by atoms with E-state index in [1.807, 2.05) is 29.2 Å². The molecule has 0 aliphatic heterocycles. The van der Waals surface area contributed by atoms with Crippen molar-refractivity contribution < 1.29 is 9.53 Å². The molecule has 0 aromatic heterocycles. The first kappa shape index (κ1) is 16.3. The van der Waals surface area contributed by atoms with Crippen molar-refractivity contribution in [1.29, 1.82) is 0 Å². The van der Waals surface area contributed by atoms with Crippen molar-refractivity contribution in [2.24, 2.45) is 0 Å². The Morgan fingerprint density at radius 1 is 1.43 bits per heavy atom. The number of carbonyl (C=O) groups is 1. The van der Waals surface area contributed by atoms with E-state index in [-0.39, 0.29) is 5.91 Å². The van der Waals surface area contributed by atoms with E-state index in [2.05, 4.69) is 22.9 Å². The normalized spacial score (nSPS) is 14.6. The zero-order valence-corrected chi connectivity index (χ0v) is 14.3. The Balaban J connectivity index is 2.07. The Morgan fingerprint density at radius 2 is 2.24 bits per heavy atom. The monoisotopic (exact) mass is 353 g/mol. The van der Waals surface area contributed by atoms with Crippen molar-refractivity contribution in [1.82, 2.24) is 4.90 Å². The van der Waals surface area contributed by atoms with Crippen LogP contribution in [0.25, 0.3) is 0 Å². The van der Waals surface area contributed by atoms with E-state index in [4.69, 9.17) is 4.74 Å². The van der Waals surface area contributed by atoms with Crippen molar-refractivity contribution in [3.63, 3.8) is 0 Å². The van der Waals surface area contributed by atoms with Crippen LogP contribution in [0.2, 0.25) is 0 Å². The molecule has 4 heteroatoms. The van der Waals surface area contributed by atoms with Gasteiger partial charge in [-0.05, 0) is 50.3 Å². The fraction of sp³-hybridized carbons (Fsp3) is 0.588. The SMILES string of the molecule is CCCOc1cccc(C(=O)N(CCCBr)C2CCC2)c1. The second kappa shape index (κ2) is 8.42. The smallest absolute Gasteiger partial charge is 0.254 e. The number of hydrogen-bond acceptors (Lipinski definition) is 2. The third kappa shape index (κ3) is 4.47. The third-order valence-corrected chi connectivity index (χ3v) is 4.42. The van der Waals surface area contributed by atoms with Gasteiger partial charge >= 0.3 is 0 Å². The van der Waals surface area contributed by atoms with Crippen LogP contribution in [0.5, 0.6) is 5.75 Å². The Labute approximate surface area is 135 Å². The number of carbonyl (C=O) groups excluding carboxylic acids is 1. The van der Waals surface area contributed by atoms with Crippen LogP contribution in [0.4, 0.5) is 0 Å². The van der Waals surface area contributed by atoms with Gasteiger partial charge in [0, 0.05) is 23.5 Å². The Hall–Kier alpha value is -1.03. The molecule has 1 amide bonds. The molecule has 1 fully saturated rings. The lowest BCUT2D eigenvalue weighted by atomic mass is 9.91. The van der Waals surface area contributed by atoms with Crippen LogP contribution >= 0.6 is 15.9 Å². The van der Waals surface area contributed by atoms with E-state index in [1.54, 1.807) is 0 Å². The van der Waals surface area contributed by atoms with Crippen molar-refractivity contribution in [3.8, 4) is 5.75 Å². The fourth-order valence-corrected chi connectivity index (χ4v) is 2.73. The van der Waals surface area contributed by atoms with E-state index in [0.717, 1.165) is 48.9 Å². The molecular weight excluding hydrogens is 330 g/mol. The molecule has 0 heterocycles. The second-order valence-corrected chi connectivity index (χ2v) is 6.30. The van der Waals surface area contributed by atoms with Crippen LogP contribution in [0.1, 0.15) is 49.4 Å².